The van der Waals surface area contributed by atoms with Crippen LogP contribution in [-0.4, -0.2) is 32.0 Å². The van der Waals surface area contributed by atoms with Gasteiger partial charge in [-0.3, -0.25) is 9.79 Å². The van der Waals surface area contributed by atoms with E-state index in [1.54, 1.807) is 7.05 Å². The molecule has 0 unspecified atom stereocenters. The lowest BCUT2D eigenvalue weighted by Crippen LogP contribution is -2.37. The van der Waals surface area contributed by atoms with Crippen LogP contribution in [0.4, 0.5) is 0 Å². The van der Waals surface area contributed by atoms with Gasteiger partial charge in [-0.25, -0.2) is 0 Å². The molecular weight excluding hydrogens is 463 g/mol. The Morgan fingerprint density at radius 3 is 2.14 bits per heavy atom. The van der Waals surface area contributed by atoms with Gasteiger partial charge in [0.25, 0.3) is 5.91 Å². The van der Waals surface area contributed by atoms with Crippen LogP contribution in [0.1, 0.15) is 39.5 Å². The number of carbonyl (C=O) groups is 1. The van der Waals surface area contributed by atoms with Crippen LogP contribution in [0.25, 0.3) is 0 Å². The predicted molar refractivity (Wildman–Crippen MR) is 128 cm³/mol. The zero-order chi connectivity index (χ0) is 19.6. The summed E-state index contributed by atoms with van der Waals surface area (Å²) >= 11 is 0. The summed E-state index contributed by atoms with van der Waals surface area (Å²) in [4.78, 5) is 16.1. The van der Waals surface area contributed by atoms with Crippen LogP contribution in [0.5, 0.6) is 0 Å². The van der Waals surface area contributed by atoms with E-state index in [2.05, 4.69) is 53.0 Å². The van der Waals surface area contributed by atoms with E-state index in [9.17, 15) is 4.79 Å². The number of hydrogen-bond acceptors (Lipinski definition) is 2. The molecule has 1 amide bonds. The molecule has 0 aliphatic rings. The third-order valence-electron chi connectivity index (χ3n) is 4.22. The van der Waals surface area contributed by atoms with Gasteiger partial charge in [-0.1, -0.05) is 41.5 Å². The molecule has 0 aliphatic carbocycles. The zero-order valence-corrected chi connectivity index (χ0v) is 19.5. The summed E-state index contributed by atoms with van der Waals surface area (Å²) < 4.78 is 0. The fourth-order valence-corrected chi connectivity index (χ4v) is 2.98. The molecule has 152 valence electrons. The standard InChI is InChI=1S/C22H30N4O.HI/c1-5-24-21(27)20-8-6-18(7-9-20)15-26-22(23-4)25-11-10-19-13-16(2)12-17(3)14-19;/h6-9,12-14H,5,10-11,15H2,1-4H3,(H,24,27)(H2,23,25,26);1H. The highest BCUT2D eigenvalue weighted by Gasteiger charge is 2.04. The normalized spacial score (nSPS) is 10.8. The quantitative estimate of drug-likeness (QED) is 0.313. The van der Waals surface area contributed by atoms with Crippen LogP contribution in [0, 0.1) is 13.8 Å². The summed E-state index contributed by atoms with van der Waals surface area (Å²) in [6.07, 6.45) is 0.949. The molecule has 3 N–H and O–H groups in total. The third-order valence-corrected chi connectivity index (χ3v) is 4.22. The number of aliphatic imine (C=N–C) groups is 1. The van der Waals surface area contributed by atoms with Crippen LogP contribution >= 0.6 is 24.0 Å². The van der Waals surface area contributed by atoms with E-state index in [1.807, 2.05) is 31.2 Å². The van der Waals surface area contributed by atoms with Gasteiger partial charge in [0.15, 0.2) is 5.96 Å². The second-order valence-electron chi connectivity index (χ2n) is 6.65. The molecule has 0 atom stereocenters. The van der Waals surface area contributed by atoms with Crippen molar-refractivity contribution >= 4 is 35.8 Å². The molecule has 28 heavy (non-hydrogen) atoms. The van der Waals surface area contributed by atoms with Crippen molar-refractivity contribution in [3.63, 3.8) is 0 Å². The number of nitrogens with one attached hydrogen (secondary N) is 3. The number of rotatable bonds is 7. The van der Waals surface area contributed by atoms with Crippen molar-refractivity contribution in [3.8, 4) is 0 Å². The number of hydrogen-bond donors (Lipinski definition) is 3. The average Bonchev–Trinajstić information content (AvgIpc) is 2.64. The molecular formula is C22H31IN4O. The van der Waals surface area contributed by atoms with Crippen molar-refractivity contribution in [2.75, 3.05) is 20.1 Å². The van der Waals surface area contributed by atoms with Crippen LogP contribution in [0.3, 0.4) is 0 Å². The van der Waals surface area contributed by atoms with Gasteiger partial charge in [-0.15, -0.1) is 24.0 Å². The van der Waals surface area contributed by atoms with E-state index in [1.165, 1.54) is 16.7 Å². The first-order chi connectivity index (χ1) is 13.0. The Labute approximate surface area is 185 Å². The van der Waals surface area contributed by atoms with Gasteiger partial charge in [0.1, 0.15) is 0 Å². The molecule has 5 nitrogen and oxygen atoms in total. The van der Waals surface area contributed by atoms with Crippen LogP contribution in [0.2, 0.25) is 0 Å². The maximum atomic E-state index is 11.8. The number of halogens is 1. The van der Waals surface area contributed by atoms with Crippen molar-refractivity contribution in [2.24, 2.45) is 4.99 Å². The molecule has 0 fully saturated rings. The lowest BCUT2D eigenvalue weighted by atomic mass is 10.1. The van der Waals surface area contributed by atoms with Crippen molar-refractivity contribution in [2.45, 2.75) is 33.7 Å². The molecule has 2 aromatic rings. The molecule has 0 saturated carbocycles. The van der Waals surface area contributed by atoms with E-state index in [-0.39, 0.29) is 29.9 Å². The van der Waals surface area contributed by atoms with E-state index in [0.717, 1.165) is 24.5 Å². The fraction of sp³-hybridized carbons (Fsp3) is 0.364. The molecule has 0 radical (unpaired) electrons. The largest absolute Gasteiger partial charge is 0.356 e. The lowest BCUT2D eigenvalue weighted by Gasteiger charge is -2.13. The highest BCUT2D eigenvalue weighted by Crippen LogP contribution is 2.09. The third kappa shape index (κ3) is 7.88. The number of guanidine groups is 1. The molecule has 2 rings (SSSR count). The topological polar surface area (TPSA) is 65.5 Å². The van der Waals surface area contributed by atoms with E-state index in [0.29, 0.717) is 18.7 Å². The SMILES string of the molecule is CCNC(=O)c1ccc(CNC(=NC)NCCc2cc(C)cc(C)c2)cc1.I. The Balaban J connectivity index is 0.00000392. The second-order valence-corrected chi connectivity index (χ2v) is 6.65. The highest BCUT2D eigenvalue weighted by atomic mass is 127. The molecule has 0 spiro atoms. The Morgan fingerprint density at radius 1 is 0.929 bits per heavy atom. The van der Waals surface area contributed by atoms with Gasteiger partial charge >= 0.3 is 0 Å². The first-order valence-electron chi connectivity index (χ1n) is 9.40. The number of nitrogens with zero attached hydrogens (tertiary/aromatic N) is 1. The van der Waals surface area contributed by atoms with Crippen molar-refractivity contribution < 1.29 is 4.79 Å². The molecule has 2 aromatic carbocycles. The Kier molecular flexibility index (Phi) is 10.6. The highest BCUT2D eigenvalue weighted by molar-refractivity contribution is 14.0. The number of carbonyl (C=O) groups excluding carboxylic acids is 1. The Morgan fingerprint density at radius 2 is 1.57 bits per heavy atom. The smallest absolute Gasteiger partial charge is 0.251 e. The monoisotopic (exact) mass is 494 g/mol. The molecule has 0 aromatic heterocycles. The molecule has 0 bridgehead atoms. The van der Waals surface area contributed by atoms with Crippen LogP contribution < -0.4 is 16.0 Å². The Hall–Kier alpha value is -2.09. The first kappa shape index (κ1) is 23.9. The van der Waals surface area contributed by atoms with Crippen molar-refractivity contribution in [3.05, 3.63) is 70.3 Å². The van der Waals surface area contributed by atoms with E-state index >= 15 is 0 Å². The fourth-order valence-electron chi connectivity index (χ4n) is 2.98. The molecule has 0 heterocycles. The summed E-state index contributed by atoms with van der Waals surface area (Å²) in [5, 5.41) is 9.46. The first-order valence-corrected chi connectivity index (χ1v) is 9.40. The second kappa shape index (κ2) is 12.4. The minimum absolute atomic E-state index is 0. The van der Waals surface area contributed by atoms with Crippen molar-refractivity contribution in [1.82, 2.24) is 16.0 Å². The van der Waals surface area contributed by atoms with Crippen LogP contribution in [-0.2, 0) is 13.0 Å². The van der Waals surface area contributed by atoms with Gasteiger partial charge in [0.05, 0.1) is 0 Å². The minimum atomic E-state index is -0.0409. The summed E-state index contributed by atoms with van der Waals surface area (Å²) in [6, 6.07) is 14.2. The van der Waals surface area contributed by atoms with Gasteiger partial charge in [0, 0.05) is 32.2 Å². The minimum Gasteiger partial charge on any atom is -0.356 e. The van der Waals surface area contributed by atoms with E-state index < -0.39 is 0 Å². The average molecular weight is 494 g/mol. The summed E-state index contributed by atoms with van der Waals surface area (Å²) in [5.41, 5.74) is 5.69. The summed E-state index contributed by atoms with van der Waals surface area (Å²) in [5.74, 6) is 0.730. The summed E-state index contributed by atoms with van der Waals surface area (Å²) in [6.45, 7) is 8.27. The molecule has 0 aliphatic heterocycles. The van der Waals surface area contributed by atoms with Crippen molar-refractivity contribution in [1.29, 1.82) is 0 Å². The zero-order valence-electron chi connectivity index (χ0n) is 17.1. The van der Waals surface area contributed by atoms with Crippen LogP contribution in [0.15, 0.2) is 47.5 Å². The maximum Gasteiger partial charge on any atom is 0.251 e. The number of aryl methyl sites for hydroxylation is 2. The predicted octanol–water partition coefficient (Wildman–Crippen LogP) is 3.58. The van der Waals surface area contributed by atoms with Gasteiger partial charge in [-0.05, 0) is 50.5 Å². The lowest BCUT2D eigenvalue weighted by molar-refractivity contribution is 0.0956. The van der Waals surface area contributed by atoms with Gasteiger partial charge < -0.3 is 16.0 Å². The number of amides is 1. The molecule has 0 saturated heterocycles. The van der Waals surface area contributed by atoms with Gasteiger partial charge in [0.2, 0.25) is 0 Å². The van der Waals surface area contributed by atoms with Gasteiger partial charge in [-0.2, -0.15) is 0 Å². The molecule has 6 heteroatoms. The van der Waals surface area contributed by atoms with E-state index in [4.69, 9.17) is 0 Å². The Bertz CT molecular complexity index is 767. The maximum absolute atomic E-state index is 11.8. The summed E-state index contributed by atoms with van der Waals surface area (Å²) in [7, 11) is 1.77. The number of benzene rings is 2.